The average Bonchev–Trinajstić information content (AvgIpc) is 2.41. The van der Waals surface area contributed by atoms with Gasteiger partial charge in [0.25, 0.3) is 10.0 Å². The largest absolute Gasteiger partial charge is 0.323 e. The van der Waals surface area contributed by atoms with Gasteiger partial charge in [-0.25, -0.2) is 12.8 Å². The average molecular weight is 282 g/mol. The molecule has 0 unspecified atom stereocenters. The van der Waals surface area contributed by atoms with Gasteiger partial charge in [0.15, 0.2) is 0 Å². The summed E-state index contributed by atoms with van der Waals surface area (Å²) in [5, 5.41) is 0. The number of sulfonamides is 1. The number of para-hydroxylation sites is 1. The van der Waals surface area contributed by atoms with Crippen molar-refractivity contribution in [3.63, 3.8) is 0 Å². The molecule has 100 valence electrons. The van der Waals surface area contributed by atoms with Crippen LogP contribution in [0.15, 0.2) is 47.6 Å². The maximum atomic E-state index is 13.4. The van der Waals surface area contributed by atoms with E-state index < -0.39 is 15.8 Å². The minimum absolute atomic E-state index is 0.144. The standard InChI is InChI=1S/C11H11FN4O2S/c12-8-3-1-2-4-9(8)16-19(17,18)11-7-14-6-5-10(11)15-13/h1-7,16H,13H2,(H,14,15). The molecule has 0 aliphatic heterocycles. The predicted molar refractivity (Wildman–Crippen MR) is 69.3 cm³/mol. The molecule has 0 atom stereocenters. The van der Waals surface area contributed by atoms with E-state index in [1.165, 1.54) is 30.5 Å². The minimum Gasteiger partial charge on any atom is -0.323 e. The number of hydrogen-bond acceptors (Lipinski definition) is 5. The van der Waals surface area contributed by atoms with Crippen LogP contribution in [0.4, 0.5) is 15.8 Å². The molecule has 0 aliphatic rings. The Bertz CT molecular complexity index is 691. The molecular weight excluding hydrogens is 271 g/mol. The second-order valence-electron chi connectivity index (χ2n) is 3.60. The molecule has 8 heteroatoms. The number of aromatic nitrogens is 1. The van der Waals surface area contributed by atoms with Crippen molar-refractivity contribution >= 4 is 21.4 Å². The van der Waals surface area contributed by atoms with E-state index >= 15 is 0 Å². The molecule has 0 fully saturated rings. The summed E-state index contributed by atoms with van der Waals surface area (Å²) < 4.78 is 39.8. The molecule has 19 heavy (non-hydrogen) atoms. The Balaban J connectivity index is 2.41. The fourth-order valence-corrected chi connectivity index (χ4v) is 2.64. The lowest BCUT2D eigenvalue weighted by Crippen LogP contribution is -2.18. The van der Waals surface area contributed by atoms with E-state index in [4.69, 9.17) is 5.84 Å². The third-order valence-electron chi connectivity index (χ3n) is 2.35. The molecule has 0 aliphatic carbocycles. The molecule has 0 amide bonds. The van der Waals surface area contributed by atoms with Gasteiger partial charge in [-0.1, -0.05) is 12.1 Å². The lowest BCUT2D eigenvalue weighted by atomic mass is 10.3. The number of nitrogens with two attached hydrogens (primary N) is 1. The second-order valence-corrected chi connectivity index (χ2v) is 5.25. The van der Waals surface area contributed by atoms with Gasteiger partial charge in [-0.05, 0) is 18.2 Å². The molecule has 0 saturated carbocycles. The molecule has 0 spiro atoms. The zero-order valence-corrected chi connectivity index (χ0v) is 10.5. The number of hydrazine groups is 1. The maximum Gasteiger partial charge on any atom is 0.265 e. The predicted octanol–water partition coefficient (Wildman–Crippen LogP) is 1.31. The van der Waals surface area contributed by atoms with Gasteiger partial charge in [0.05, 0.1) is 11.4 Å². The Kier molecular flexibility index (Phi) is 3.63. The van der Waals surface area contributed by atoms with Crippen LogP contribution in [-0.4, -0.2) is 13.4 Å². The molecule has 0 radical (unpaired) electrons. The fourth-order valence-electron chi connectivity index (χ4n) is 1.46. The number of anilines is 2. The van der Waals surface area contributed by atoms with Crippen molar-refractivity contribution in [2.75, 3.05) is 10.1 Å². The van der Waals surface area contributed by atoms with E-state index in [1.807, 2.05) is 0 Å². The van der Waals surface area contributed by atoms with Gasteiger partial charge in [-0.3, -0.25) is 15.5 Å². The van der Waals surface area contributed by atoms with Crippen LogP contribution in [0.5, 0.6) is 0 Å². The SMILES string of the molecule is NNc1ccncc1S(=O)(=O)Nc1ccccc1F. The molecule has 1 aromatic heterocycles. The lowest BCUT2D eigenvalue weighted by Gasteiger charge is -2.11. The van der Waals surface area contributed by atoms with Crippen molar-refractivity contribution in [2.24, 2.45) is 5.84 Å². The summed E-state index contributed by atoms with van der Waals surface area (Å²) in [7, 11) is -3.97. The van der Waals surface area contributed by atoms with Crippen LogP contribution in [0, 0.1) is 5.82 Å². The van der Waals surface area contributed by atoms with Crippen LogP contribution in [0.1, 0.15) is 0 Å². The van der Waals surface area contributed by atoms with Crippen LogP contribution in [-0.2, 0) is 10.0 Å². The summed E-state index contributed by atoms with van der Waals surface area (Å²) in [6, 6.07) is 6.86. The molecule has 2 rings (SSSR count). The smallest absolute Gasteiger partial charge is 0.265 e. The molecule has 4 N–H and O–H groups in total. The first kappa shape index (κ1) is 13.2. The van der Waals surface area contributed by atoms with Crippen LogP contribution in [0.25, 0.3) is 0 Å². The lowest BCUT2D eigenvalue weighted by molar-refractivity contribution is 0.598. The number of pyridine rings is 1. The highest BCUT2D eigenvalue weighted by atomic mass is 32.2. The molecular formula is C11H11FN4O2S. The van der Waals surface area contributed by atoms with E-state index in [9.17, 15) is 12.8 Å². The van der Waals surface area contributed by atoms with Gasteiger partial charge in [-0.2, -0.15) is 0 Å². The van der Waals surface area contributed by atoms with Crippen molar-refractivity contribution in [3.8, 4) is 0 Å². The number of hydrogen-bond donors (Lipinski definition) is 3. The van der Waals surface area contributed by atoms with Crippen LogP contribution in [0.2, 0.25) is 0 Å². The second kappa shape index (κ2) is 5.21. The van der Waals surface area contributed by atoms with Crippen molar-refractivity contribution < 1.29 is 12.8 Å². The molecule has 1 heterocycles. The van der Waals surface area contributed by atoms with Crippen LogP contribution < -0.4 is 16.0 Å². The van der Waals surface area contributed by atoms with E-state index in [0.29, 0.717) is 0 Å². The summed E-state index contributed by atoms with van der Waals surface area (Å²) >= 11 is 0. The third kappa shape index (κ3) is 2.80. The maximum absolute atomic E-state index is 13.4. The fraction of sp³-hybridized carbons (Fsp3) is 0. The van der Waals surface area contributed by atoms with Gasteiger partial charge in [0.1, 0.15) is 10.7 Å². The number of nitrogen functional groups attached to an aromatic ring is 1. The summed E-state index contributed by atoms with van der Waals surface area (Å²) in [4.78, 5) is 3.55. The highest BCUT2D eigenvalue weighted by Gasteiger charge is 2.19. The van der Waals surface area contributed by atoms with Crippen molar-refractivity contribution in [1.29, 1.82) is 0 Å². The first-order valence-corrected chi connectivity index (χ1v) is 6.71. The van der Waals surface area contributed by atoms with E-state index in [2.05, 4.69) is 15.1 Å². The Hall–Kier alpha value is -2.19. The number of nitrogens with one attached hydrogen (secondary N) is 2. The highest BCUT2D eigenvalue weighted by molar-refractivity contribution is 7.92. The monoisotopic (exact) mass is 282 g/mol. The number of rotatable bonds is 4. The van der Waals surface area contributed by atoms with Crippen molar-refractivity contribution in [2.45, 2.75) is 4.90 Å². The first-order valence-electron chi connectivity index (χ1n) is 5.22. The minimum atomic E-state index is -3.97. The summed E-state index contributed by atoms with van der Waals surface area (Å²) in [6.45, 7) is 0. The summed E-state index contributed by atoms with van der Waals surface area (Å²) in [5.41, 5.74) is 2.27. The first-order chi connectivity index (χ1) is 9.04. The molecule has 2 aromatic rings. The van der Waals surface area contributed by atoms with Gasteiger partial charge in [-0.15, -0.1) is 0 Å². The molecule has 1 aromatic carbocycles. The number of benzene rings is 1. The molecule has 0 bridgehead atoms. The van der Waals surface area contributed by atoms with Crippen LogP contribution in [0.3, 0.4) is 0 Å². The van der Waals surface area contributed by atoms with Gasteiger partial charge in [0, 0.05) is 12.4 Å². The van der Waals surface area contributed by atoms with E-state index in [1.54, 1.807) is 0 Å². The zero-order valence-electron chi connectivity index (χ0n) is 9.67. The normalized spacial score (nSPS) is 11.1. The summed E-state index contributed by atoms with van der Waals surface area (Å²) in [5.74, 6) is 4.56. The highest BCUT2D eigenvalue weighted by Crippen LogP contribution is 2.23. The van der Waals surface area contributed by atoms with Gasteiger partial charge in [0.2, 0.25) is 0 Å². The Morgan fingerprint density at radius 2 is 1.89 bits per heavy atom. The molecule has 6 nitrogen and oxygen atoms in total. The van der Waals surface area contributed by atoms with E-state index in [0.717, 1.165) is 12.3 Å². The Labute approximate surface area is 109 Å². The Morgan fingerprint density at radius 3 is 2.58 bits per heavy atom. The Morgan fingerprint density at radius 1 is 1.16 bits per heavy atom. The number of nitrogens with zero attached hydrogens (tertiary/aromatic N) is 1. The zero-order chi connectivity index (χ0) is 13.9. The molecule has 0 saturated heterocycles. The van der Waals surface area contributed by atoms with E-state index in [-0.39, 0.29) is 16.3 Å². The number of halogens is 1. The van der Waals surface area contributed by atoms with Gasteiger partial charge >= 0.3 is 0 Å². The third-order valence-corrected chi connectivity index (χ3v) is 3.74. The van der Waals surface area contributed by atoms with Gasteiger partial charge < -0.3 is 5.43 Å². The van der Waals surface area contributed by atoms with Crippen molar-refractivity contribution in [1.82, 2.24) is 4.98 Å². The quantitative estimate of drug-likeness (QED) is 0.580. The topological polar surface area (TPSA) is 97.1 Å². The summed E-state index contributed by atoms with van der Waals surface area (Å²) in [6.07, 6.45) is 2.51. The van der Waals surface area contributed by atoms with Crippen molar-refractivity contribution in [3.05, 3.63) is 48.5 Å². The van der Waals surface area contributed by atoms with Crippen LogP contribution >= 0.6 is 0 Å².